The van der Waals surface area contributed by atoms with Crippen molar-refractivity contribution in [3.8, 4) is 0 Å². The molecular formula is C16H29B2NO7. The summed E-state index contributed by atoms with van der Waals surface area (Å²) in [5.74, 6) is 0.0108. The Morgan fingerprint density at radius 3 is 1.96 bits per heavy atom. The van der Waals surface area contributed by atoms with Gasteiger partial charge in [-0.25, -0.2) is 0 Å². The van der Waals surface area contributed by atoms with Gasteiger partial charge in [0.15, 0.2) is 0 Å². The first-order valence-corrected chi connectivity index (χ1v) is 8.70. The van der Waals surface area contributed by atoms with Crippen molar-refractivity contribution in [2.24, 2.45) is 5.92 Å². The molecule has 2 fully saturated rings. The molecule has 0 amide bonds. The summed E-state index contributed by atoms with van der Waals surface area (Å²) in [4.78, 5) is 5.84. The van der Waals surface area contributed by atoms with Gasteiger partial charge in [0, 0.05) is 60.0 Å². The van der Waals surface area contributed by atoms with Crippen LogP contribution in [0.5, 0.6) is 0 Å². The van der Waals surface area contributed by atoms with Gasteiger partial charge in [-0.2, -0.15) is 5.06 Å². The van der Waals surface area contributed by atoms with E-state index in [0.29, 0.717) is 13.2 Å². The summed E-state index contributed by atoms with van der Waals surface area (Å²) >= 11 is 0. The van der Waals surface area contributed by atoms with Gasteiger partial charge in [-0.15, -0.1) is 0 Å². The Labute approximate surface area is 158 Å². The zero-order chi connectivity index (χ0) is 19.3. The van der Waals surface area contributed by atoms with Gasteiger partial charge in [-0.3, -0.25) is 4.84 Å². The largest absolute Gasteiger partial charge is 0.382 e. The third-order valence-corrected chi connectivity index (χ3v) is 4.98. The second-order valence-corrected chi connectivity index (χ2v) is 6.60. The van der Waals surface area contributed by atoms with E-state index in [4.69, 9.17) is 49.0 Å². The lowest BCUT2D eigenvalue weighted by atomic mass is 9.87. The minimum absolute atomic E-state index is 0.0108. The molecule has 146 valence electrons. The van der Waals surface area contributed by atoms with Crippen LogP contribution in [-0.4, -0.2) is 119 Å². The van der Waals surface area contributed by atoms with Crippen LogP contribution in [0.4, 0.5) is 0 Å². The van der Waals surface area contributed by atoms with Crippen LogP contribution in [0.2, 0.25) is 0 Å². The number of hydrogen-bond acceptors (Lipinski definition) is 8. The topological polar surface area (TPSA) is 67.9 Å². The van der Waals surface area contributed by atoms with Crippen LogP contribution in [-0.2, 0) is 33.3 Å². The van der Waals surface area contributed by atoms with Crippen LogP contribution in [0.1, 0.15) is 0 Å². The average Bonchev–Trinajstić information content (AvgIpc) is 3.08. The molecule has 2 saturated heterocycles. The molecule has 0 unspecified atom stereocenters. The van der Waals surface area contributed by atoms with Crippen molar-refractivity contribution >= 4 is 15.7 Å². The number of methoxy groups -OCH3 is 4. The third-order valence-electron chi connectivity index (χ3n) is 4.98. The minimum Gasteiger partial charge on any atom is -0.382 e. The van der Waals surface area contributed by atoms with E-state index in [2.05, 4.69) is 0 Å². The van der Waals surface area contributed by atoms with E-state index in [1.807, 2.05) is 7.05 Å². The molecule has 0 aromatic heterocycles. The molecule has 0 aromatic carbocycles. The Hall–Kier alpha value is -0.190. The number of ether oxygens (including phenoxy) is 6. The lowest BCUT2D eigenvalue weighted by Gasteiger charge is -2.28. The number of hydrogen-bond donors (Lipinski definition) is 0. The molecule has 2 aliphatic heterocycles. The fraction of sp³-hybridized carbons (Fsp3) is 1.00. The standard InChI is InChI=1S/C16H29B2NO7/c1-19(6-9-10(7-20-2)25-15(17)12(9)21-3)24-8-11-13(22-4)14(23-5)16(18)26-11/h9-16H,6-8H2,1-5H3/t9-,10-,11-,12-,13-,14-,15-,16-/m1/s1. The predicted molar refractivity (Wildman–Crippen MR) is 95.2 cm³/mol. The minimum atomic E-state index is -0.547. The molecule has 0 aliphatic carbocycles. The van der Waals surface area contributed by atoms with Crippen molar-refractivity contribution in [2.45, 2.75) is 42.5 Å². The van der Waals surface area contributed by atoms with E-state index >= 15 is 0 Å². The van der Waals surface area contributed by atoms with Gasteiger partial charge in [0.2, 0.25) is 0 Å². The third kappa shape index (κ3) is 4.99. The molecular weight excluding hydrogens is 340 g/mol. The quantitative estimate of drug-likeness (QED) is 0.357. The summed E-state index contributed by atoms with van der Waals surface area (Å²) in [6.45, 7) is 1.28. The molecule has 0 saturated carbocycles. The zero-order valence-corrected chi connectivity index (χ0v) is 16.2. The van der Waals surface area contributed by atoms with Gasteiger partial charge >= 0.3 is 0 Å². The van der Waals surface area contributed by atoms with Crippen molar-refractivity contribution in [3.05, 3.63) is 0 Å². The van der Waals surface area contributed by atoms with Gasteiger partial charge < -0.3 is 28.4 Å². The van der Waals surface area contributed by atoms with Crippen LogP contribution in [0.25, 0.3) is 0 Å². The van der Waals surface area contributed by atoms with E-state index < -0.39 is 12.0 Å². The number of nitrogens with zero attached hydrogens (tertiary/aromatic N) is 1. The van der Waals surface area contributed by atoms with Gasteiger partial charge in [0.25, 0.3) is 0 Å². The Morgan fingerprint density at radius 2 is 1.38 bits per heavy atom. The maximum atomic E-state index is 6.01. The summed E-state index contributed by atoms with van der Waals surface area (Å²) in [6, 6.07) is -1.04. The van der Waals surface area contributed by atoms with Gasteiger partial charge in [0.05, 0.1) is 25.4 Å². The van der Waals surface area contributed by atoms with Crippen molar-refractivity contribution in [2.75, 3.05) is 55.2 Å². The molecule has 0 aromatic rings. The monoisotopic (exact) mass is 369 g/mol. The molecule has 2 heterocycles. The molecule has 2 rings (SSSR count). The SMILES string of the molecule is [B][C@@H]1O[C@H](COC)[C@@H](CN(C)OC[C@H]2O[C@@H]([B])[C@H](OC)[C@@H]2OC)[C@H]1OC. The van der Waals surface area contributed by atoms with Crippen LogP contribution in [0.3, 0.4) is 0 Å². The van der Waals surface area contributed by atoms with Crippen molar-refractivity contribution in [3.63, 3.8) is 0 Å². The Kier molecular flexibility index (Phi) is 8.82. The summed E-state index contributed by atoms with van der Waals surface area (Å²) in [6.07, 6.45) is -1.34. The summed E-state index contributed by atoms with van der Waals surface area (Å²) in [5, 5.41) is 1.72. The average molecular weight is 369 g/mol. The highest BCUT2D eigenvalue weighted by molar-refractivity contribution is 6.12. The van der Waals surface area contributed by atoms with E-state index in [1.54, 1.807) is 33.5 Å². The Bertz CT molecular complexity index is 422. The zero-order valence-electron chi connectivity index (χ0n) is 16.2. The highest BCUT2D eigenvalue weighted by Gasteiger charge is 2.44. The van der Waals surface area contributed by atoms with Crippen molar-refractivity contribution in [1.82, 2.24) is 5.06 Å². The van der Waals surface area contributed by atoms with E-state index in [-0.39, 0.29) is 43.0 Å². The molecule has 0 spiro atoms. The van der Waals surface area contributed by atoms with Crippen molar-refractivity contribution < 1.29 is 33.3 Å². The van der Waals surface area contributed by atoms with Crippen LogP contribution in [0.15, 0.2) is 0 Å². The molecule has 8 atom stereocenters. The first-order chi connectivity index (χ1) is 12.5. The lowest BCUT2D eigenvalue weighted by Crippen LogP contribution is -2.42. The second-order valence-electron chi connectivity index (χ2n) is 6.60. The second kappa shape index (κ2) is 10.4. The molecule has 2 aliphatic rings. The maximum absolute atomic E-state index is 6.01. The maximum Gasteiger partial charge on any atom is 0.113 e. The van der Waals surface area contributed by atoms with E-state index in [9.17, 15) is 0 Å². The molecule has 0 N–H and O–H groups in total. The molecule has 10 heteroatoms. The normalized spacial score (nSPS) is 40.5. The predicted octanol–water partition coefficient (Wildman–Crippen LogP) is -1.06. The fourth-order valence-electron chi connectivity index (χ4n) is 3.69. The van der Waals surface area contributed by atoms with E-state index in [1.165, 1.54) is 0 Å². The number of rotatable bonds is 10. The van der Waals surface area contributed by atoms with E-state index in [0.717, 1.165) is 0 Å². The van der Waals surface area contributed by atoms with Crippen molar-refractivity contribution in [1.29, 1.82) is 0 Å². The highest BCUT2D eigenvalue weighted by Crippen LogP contribution is 2.29. The summed E-state index contributed by atoms with van der Waals surface area (Å²) < 4.78 is 33.0. The van der Waals surface area contributed by atoms with Crippen LogP contribution in [0, 0.1) is 5.92 Å². The first-order valence-electron chi connectivity index (χ1n) is 8.70. The van der Waals surface area contributed by atoms with Gasteiger partial charge in [0.1, 0.15) is 34.0 Å². The summed E-state index contributed by atoms with van der Waals surface area (Å²) in [7, 11) is 20.2. The van der Waals surface area contributed by atoms with Crippen LogP contribution >= 0.6 is 0 Å². The number of hydroxylamine groups is 2. The molecule has 26 heavy (non-hydrogen) atoms. The molecule has 8 nitrogen and oxygen atoms in total. The fourth-order valence-corrected chi connectivity index (χ4v) is 3.69. The van der Waals surface area contributed by atoms with Crippen LogP contribution < -0.4 is 0 Å². The smallest absolute Gasteiger partial charge is 0.113 e. The molecule has 0 bridgehead atoms. The Balaban J connectivity index is 1.88. The lowest BCUT2D eigenvalue weighted by molar-refractivity contribution is -0.186. The Morgan fingerprint density at radius 1 is 0.808 bits per heavy atom. The van der Waals surface area contributed by atoms with Gasteiger partial charge in [-0.1, -0.05) is 0 Å². The van der Waals surface area contributed by atoms with Gasteiger partial charge in [-0.05, 0) is 0 Å². The first kappa shape index (κ1) is 22.1. The molecule has 4 radical (unpaired) electrons. The summed E-state index contributed by atoms with van der Waals surface area (Å²) in [5.41, 5.74) is 0. The highest BCUT2D eigenvalue weighted by atomic mass is 16.7.